The molecule has 0 saturated heterocycles. The largest absolute Gasteiger partial charge is 0.395 e. The molecule has 4 heteroatoms. The van der Waals surface area contributed by atoms with Crippen molar-refractivity contribution in [3.63, 3.8) is 0 Å². The zero-order chi connectivity index (χ0) is 7.98. The molecule has 10 heavy (non-hydrogen) atoms. The van der Waals surface area contributed by atoms with Gasteiger partial charge in [0.2, 0.25) is 0 Å². The Labute approximate surface area is 60.7 Å². The van der Waals surface area contributed by atoms with E-state index in [2.05, 4.69) is 0 Å². The summed E-state index contributed by atoms with van der Waals surface area (Å²) in [7, 11) is 0. The normalized spacial score (nSPS) is 11.4. The molecule has 0 aliphatic rings. The van der Waals surface area contributed by atoms with Gasteiger partial charge in [0.25, 0.3) is 0 Å². The van der Waals surface area contributed by atoms with Crippen molar-refractivity contribution in [1.82, 2.24) is 4.90 Å². The van der Waals surface area contributed by atoms with Crippen molar-refractivity contribution < 1.29 is 15.3 Å². The van der Waals surface area contributed by atoms with E-state index in [9.17, 15) is 0 Å². The molecule has 0 saturated carbocycles. The summed E-state index contributed by atoms with van der Waals surface area (Å²) in [5.74, 6) is 0. The van der Waals surface area contributed by atoms with Crippen LogP contribution in [0.1, 0.15) is 6.92 Å². The quantitative estimate of drug-likeness (QED) is 0.421. The maximum atomic E-state index is 8.66. The average Bonchev–Trinajstić information content (AvgIpc) is 2.00. The Kier molecular flexibility index (Phi) is 5.52. The highest BCUT2D eigenvalue weighted by molar-refractivity contribution is 4.64. The van der Waals surface area contributed by atoms with Gasteiger partial charge in [0, 0.05) is 0 Å². The maximum absolute atomic E-state index is 8.66. The molecule has 0 bridgehead atoms. The number of likely N-dealkylation sites (N-methyl/N-ethyl adjacent to an activating group) is 1. The lowest BCUT2D eigenvalue weighted by Gasteiger charge is -2.24. The Bertz CT molecular complexity index is 61.4. The van der Waals surface area contributed by atoms with E-state index in [-0.39, 0.29) is 26.0 Å². The van der Waals surface area contributed by atoms with E-state index in [1.54, 1.807) is 4.90 Å². The van der Waals surface area contributed by atoms with Crippen LogP contribution in [0, 0.1) is 0 Å². The van der Waals surface area contributed by atoms with Gasteiger partial charge in [-0.15, -0.1) is 0 Å². The molecule has 3 N–H and O–H groups in total. The molecule has 0 unspecified atom stereocenters. The van der Waals surface area contributed by atoms with Crippen molar-refractivity contribution in [2.75, 3.05) is 26.5 Å². The van der Waals surface area contributed by atoms with Gasteiger partial charge < -0.3 is 15.3 Å². The number of nitrogens with zero attached hydrogens (tertiary/aromatic N) is 1. The SMILES string of the molecule is CCN(CO)C(CO)CO. The van der Waals surface area contributed by atoms with Gasteiger partial charge in [-0.25, -0.2) is 0 Å². The van der Waals surface area contributed by atoms with Crippen molar-refractivity contribution in [1.29, 1.82) is 0 Å². The zero-order valence-corrected chi connectivity index (χ0v) is 6.19. The van der Waals surface area contributed by atoms with Crippen LogP contribution >= 0.6 is 0 Å². The van der Waals surface area contributed by atoms with Gasteiger partial charge in [-0.1, -0.05) is 6.92 Å². The first kappa shape index (κ1) is 9.84. The van der Waals surface area contributed by atoms with Crippen LogP contribution in [0.3, 0.4) is 0 Å². The summed E-state index contributed by atoms with van der Waals surface area (Å²) in [5, 5.41) is 26.0. The molecular weight excluding hydrogens is 134 g/mol. The van der Waals surface area contributed by atoms with Crippen LogP contribution in [-0.4, -0.2) is 52.8 Å². The van der Waals surface area contributed by atoms with Crippen molar-refractivity contribution in [2.24, 2.45) is 0 Å². The van der Waals surface area contributed by atoms with Gasteiger partial charge >= 0.3 is 0 Å². The molecule has 0 amide bonds. The van der Waals surface area contributed by atoms with Crippen LogP contribution in [0.4, 0.5) is 0 Å². The molecule has 0 aliphatic carbocycles. The summed E-state index contributed by atoms with van der Waals surface area (Å²) in [6, 6.07) is -0.324. The first-order valence-electron chi connectivity index (χ1n) is 3.36. The predicted octanol–water partition coefficient (Wildman–Crippen LogP) is -1.39. The highest BCUT2D eigenvalue weighted by atomic mass is 16.3. The van der Waals surface area contributed by atoms with Gasteiger partial charge in [0.1, 0.15) is 0 Å². The van der Waals surface area contributed by atoms with E-state index in [0.717, 1.165) is 0 Å². The van der Waals surface area contributed by atoms with E-state index in [1.807, 2.05) is 6.92 Å². The maximum Gasteiger partial charge on any atom is 0.0960 e. The van der Waals surface area contributed by atoms with Crippen LogP contribution in [0.15, 0.2) is 0 Å². The van der Waals surface area contributed by atoms with Gasteiger partial charge in [-0.3, -0.25) is 4.90 Å². The standard InChI is InChI=1S/C6H15NO3/c1-2-7(5-10)6(3-8)4-9/h6,8-10H,2-5H2,1H3. The molecule has 0 radical (unpaired) electrons. The van der Waals surface area contributed by atoms with Crippen molar-refractivity contribution in [2.45, 2.75) is 13.0 Å². The van der Waals surface area contributed by atoms with Gasteiger partial charge in [0.15, 0.2) is 0 Å². The van der Waals surface area contributed by atoms with Crippen LogP contribution < -0.4 is 0 Å². The zero-order valence-electron chi connectivity index (χ0n) is 6.19. The lowest BCUT2D eigenvalue weighted by atomic mass is 10.3. The molecule has 4 nitrogen and oxygen atoms in total. The lowest BCUT2D eigenvalue weighted by molar-refractivity contribution is 0.0177. The van der Waals surface area contributed by atoms with Crippen LogP contribution in [0.25, 0.3) is 0 Å². The van der Waals surface area contributed by atoms with E-state index < -0.39 is 0 Å². The smallest absolute Gasteiger partial charge is 0.0960 e. The third-order valence-electron chi connectivity index (χ3n) is 1.53. The fraction of sp³-hybridized carbons (Fsp3) is 1.00. The minimum Gasteiger partial charge on any atom is -0.395 e. The molecular formula is C6H15NO3. The van der Waals surface area contributed by atoms with E-state index in [4.69, 9.17) is 15.3 Å². The Balaban J connectivity index is 3.70. The van der Waals surface area contributed by atoms with E-state index >= 15 is 0 Å². The Hall–Kier alpha value is -0.160. The highest BCUT2D eigenvalue weighted by Gasteiger charge is 2.12. The predicted molar refractivity (Wildman–Crippen MR) is 37.4 cm³/mol. The van der Waals surface area contributed by atoms with Gasteiger partial charge in [-0.2, -0.15) is 0 Å². The molecule has 0 spiro atoms. The monoisotopic (exact) mass is 149 g/mol. The van der Waals surface area contributed by atoms with Crippen molar-refractivity contribution in [3.8, 4) is 0 Å². The Morgan fingerprint density at radius 2 is 1.70 bits per heavy atom. The molecule has 0 atom stereocenters. The van der Waals surface area contributed by atoms with Crippen LogP contribution in [0.2, 0.25) is 0 Å². The Morgan fingerprint density at radius 3 is 1.80 bits per heavy atom. The summed E-state index contributed by atoms with van der Waals surface area (Å²) in [5.41, 5.74) is 0. The van der Waals surface area contributed by atoms with Crippen LogP contribution in [-0.2, 0) is 0 Å². The molecule has 0 aromatic rings. The molecule has 62 valence electrons. The minimum atomic E-state index is -0.324. The lowest BCUT2D eigenvalue weighted by Crippen LogP contribution is -2.40. The minimum absolute atomic E-state index is 0.120. The fourth-order valence-corrected chi connectivity index (χ4v) is 0.762. The third-order valence-corrected chi connectivity index (χ3v) is 1.53. The molecule has 0 aromatic heterocycles. The van der Waals surface area contributed by atoms with E-state index in [0.29, 0.717) is 6.54 Å². The summed E-state index contributed by atoms with van der Waals surface area (Å²) in [6.45, 7) is 2.12. The summed E-state index contributed by atoms with van der Waals surface area (Å²) in [6.07, 6.45) is 0. The second kappa shape index (κ2) is 5.61. The average molecular weight is 149 g/mol. The number of hydrogen-bond donors (Lipinski definition) is 3. The molecule has 0 aromatic carbocycles. The first-order chi connectivity index (χ1) is 4.79. The molecule has 0 aliphatic heterocycles. The third kappa shape index (κ3) is 2.62. The summed E-state index contributed by atoms with van der Waals surface area (Å²) >= 11 is 0. The summed E-state index contributed by atoms with van der Waals surface area (Å²) in [4.78, 5) is 1.58. The molecule has 0 fully saturated rings. The topological polar surface area (TPSA) is 63.9 Å². The van der Waals surface area contributed by atoms with Crippen molar-refractivity contribution in [3.05, 3.63) is 0 Å². The first-order valence-corrected chi connectivity index (χ1v) is 3.36. The van der Waals surface area contributed by atoms with Gasteiger partial charge in [0.05, 0.1) is 26.0 Å². The van der Waals surface area contributed by atoms with Crippen LogP contribution in [0.5, 0.6) is 0 Å². The number of aliphatic hydroxyl groups is 3. The second-order valence-electron chi connectivity index (χ2n) is 2.07. The second-order valence-corrected chi connectivity index (χ2v) is 2.07. The van der Waals surface area contributed by atoms with Crippen molar-refractivity contribution >= 4 is 0 Å². The highest BCUT2D eigenvalue weighted by Crippen LogP contribution is 1.94. The summed E-state index contributed by atoms with van der Waals surface area (Å²) < 4.78 is 0. The fourth-order valence-electron chi connectivity index (χ4n) is 0.762. The number of hydrogen-bond acceptors (Lipinski definition) is 4. The van der Waals surface area contributed by atoms with Gasteiger partial charge in [-0.05, 0) is 6.54 Å². The molecule has 0 rings (SSSR count). The molecule has 0 heterocycles. The Morgan fingerprint density at radius 1 is 1.20 bits per heavy atom. The number of rotatable bonds is 5. The number of aliphatic hydroxyl groups excluding tert-OH is 3. The van der Waals surface area contributed by atoms with E-state index in [1.165, 1.54) is 0 Å².